The number of nitrogens with zero attached hydrogens (tertiary/aromatic N) is 2. The molecule has 2 aromatic carbocycles. The van der Waals surface area contributed by atoms with Crippen LogP contribution >= 0.6 is 0 Å². The van der Waals surface area contributed by atoms with Gasteiger partial charge in [-0.1, -0.05) is 6.07 Å². The zero-order valence-electron chi connectivity index (χ0n) is 15.3. The van der Waals surface area contributed by atoms with Crippen molar-refractivity contribution in [2.24, 2.45) is 7.05 Å². The molecule has 0 saturated carbocycles. The molecule has 27 heavy (non-hydrogen) atoms. The number of ether oxygens (including phenoxy) is 1. The zero-order chi connectivity index (χ0) is 19.4. The number of anilines is 2. The fourth-order valence-electron chi connectivity index (χ4n) is 2.54. The van der Waals surface area contributed by atoms with Gasteiger partial charge in [0.05, 0.1) is 19.6 Å². The van der Waals surface area contributed by atoms with E-state index in [4.69, 9.17) is 4.74 Å². The molecule has 2 amide bonds. The van der Waals surface area contributed by atoms with Gasteiger partial charge in [0.2, 0.25) is 0 Å². The highest BCUT2D eigenvalue weighted by Crippen LogP contribution is 2.20. The molecule has 0 fully saturated rings. The summed E-state index contributed by atoms with van der Waals surface area (Å²) in [6.07, 6.45) is 3.05. The third-order valence-electron chi connectivity index (χ3n) is 4.15. The quantitative estimate of drug-likeness (QED) is 0.728. The lowest BCUT2D eigenvalue weighted by Gasteiger charge is -2.11. The second-order valence-corrected chi connectivity index (χ2v) is 6.06. The third-order valence-corrected chi connectivity index (χ3v) is 4.15. The number of benzene rings is 2. The van der Waals surface area contributed by atoms with Crippen molar-refractivity contribution in [1.29, 1.82) is 0 Å². The van der Waals surface area contributed by atoms with Crippen molar-refractivity contribution in [3.63, 3.8) is 0 Å². The Balaban J connectivity index is 1.76. The molecule has 2 N–H and O–H groups in total. The van der Waals surface area contributed by atoms with Crippen LogP contribution in [-0.2, 0) is 7.05 Å². The maximum absolute atomic E-state index is 12.5. The van der Waals surface area contributed by atoms with Crippen LogP contribution < -0.4 is 15.4 Å². The second kappa shape index (κ2) is 7.74. The van der Waals surface area contributed by atoms with Crippen LogP contribution in [0.15, 0.2) is 55.0 Å². The van der Waals surface area contributed by atoms with Crippen LogP contribution in [0.2, 0.25) is 0 Å². The minimum absolute atomic E-state index is 0.267. The maximum Gasteiger partial charge on any atom is 0.273 e. The van der Waals surface area contributed by atoms with Crippen molar-refractivity contribution in [2.45, 2.75) is 6.92 Å². The Labute approximate surface area is 157 Å². The monoisotopic (exact) mass is 364 g/mol. The van der Waals surface area contributed by atoms with Crippen LogP contribution in [0.5, 0.6) is 5.75 Å². The standard InChI is InChI=1S/C20H20N4O3/c1-13-4-5-14(19(25)22-15-6-8-16(27-3)9-7-15)10-17(13)23-20(26)18-11-21-12-24(18)2/h4-12H,1-3H3,(H,22,25)(H,23,26). The number of nitrogens with one attached hydrogen (secondary N) is 2. The summed E-state index contributed by atoms with van der Waals surface area (Å²) >= 11 is 0. The summed E-state index contributed by atoms with van der Waals surface area (Å²) in [7, 11) is 3.33. The lowest BCUT2D eigenvalue weighted by atomic mass is 10.1. The van der Waals surface area contributed by atoms with Gasteiger partial charge in [0.25, 0.3) is 11.8 Å². The summed E-state index contributed by atoms with van der Waals surface area (Å²) < 4.78 is 6.73. The van der Waals surface area contributed by atoms with E-state index in [0.29, 0.717) is 28.4 Å². The summed E-state index contributed by atoms with van der Waals surface area (Å²) in [6.45, 7) is 1.87. The molecule has 3 aromatic rings. The molecular formula is C20H20N4O3. The summed E-state index contributed by atoms with van der Waals surface area (Å²) in [6, 6.07) is 12.2. The van der Waals surface area contributed by atoms with Gasteiger partial charge in [0.1, 0.15) is 11.4 Å². The molecule has 0 unspecified atom stereocenters. The van der Waals surface area contributed by atoms with Crippen molar-refractivity contribution >= 4 is 23.2 Å². The minimum atomic E-state index is -0.286. The predicted molar refractivity (Wildman–Crippen MR) is 103 cm³/mol. The molecule has 0 aliphatic carbocycles. The summed E-state index contributed by atoms with van der Waals surface area (Å²) in [5, 5.41) is 5.66. The number of amides is 2. The summed E-state index contributed by atoms with van der Waals surface area (Å²) in [5.74, 6) is 0.158. The number of methoxy groups -OCH3 is 1. The predicted octanol–water partition coefficient (Wildman–Crippen LogP) is 3.24. The molecule has 0 atom stereocenters. The molecule has 7 heteroatoms. The molecule has 0 aliphatic rings. The van der Waals surface area contributed by atoms with E-state index < -0.39 is 0 Å². The van der Waals surface area contributed by atoms with E-state index >= 15 is 0 Å². The molecule has 7 nitrogen and oxygen atoms in total. The van der Waals surface area contributed by atoms with Crippen molar-refractivity contribution < 1.29 is 14.3 Å². The topological polar surface area (TPSA) is 85.2 Å². The van der Waals surface area contributed by atoms with Gasteiger partial charge in [-0.15, -0.1) is 0 Å². The fourth-order valence-corrected chi connectivity index (χ4v) is 2.54. The highest BCUT2D eigenvalue weighted by molar-refractivity contribution is 6.07. The van der Waals surface area contributed by atoms with Crippen molar-refractivity contribution in [3.8, 4) is 5.75 Å². The van der Waals surface area contributed by atoms with Crippen LogP contribution in [0.25, 0.3) is 0 Å². The molecule has 0 spiro atoms. The minimum Gasteiger partial charge on any atom is -0.497 e. The van der Waals surface area contributed by atoms with E-state index in [2.05, 4.69) is 15.6 Å². The Hall–Kier alpha value is -3.61. The summed E-state index contributed by atoms with van der Waals surface area (Å²) in [5.41, 5.74) is 2.95. The van der Waals surface area contributed by atoms with Gasteiger partial charge >= 0.3 is 0 Å². The van der Waals surface area contributed by atoms with Crippen LogP contribution in [0.1, 0.15) is 26.4 Å². The van der Waals surface area contributed by atoms with Gasteiger partial charge in [0.15, 0.2) is 0 Å². The van der Waals surface area contributed by atoms with Gasteiger partial charge in [-0.05, 0) is 48.9 Å². The number of carbonyl (C=O) groups excluding carboxylic acids is 2. The first-order valence-electron chi connectivity index (χ1n) is 8.31. The number of aryl methyl sites for hydroxylation is 2. The third kappa shape index (κ3) is 4.14. The molecule has 3 rings (SSSR count). The smallest absolute Gasteiger partial charge is 0.273 e. The molecule has 138 valence electrons. The van der Waals surface area contributed by atoms with Gasteiger partial charge in [-0.25, -0.2) is 4.98 Å². The van der Waals surface area contributed by atoms with Crippen LogP contribution in [0, 0.1) is 6.92 Å². The van der Waals surface area contributed by atoms with Crippen LogP contribution in [-0.4, -0.2) is 28.5 Å². The molecule has 0 aliphatic heterocycles. The van der Waals surface area contributed by atoms with E-state index in [9.17, 15) is 9.59 Å². The molecule has 0 radical (unpaired) electrons. The number of hydrogen-bond acceptors (Lipinski definition) is 4. The normalized spacial score (nSPS) is 10.3. The molecule has 1 heterocycles. The Kier molecular flexibility index (Phi) is 5.21. The van der Waals surface area contributed by atoms with Crippen molar-refractivity contribution in [2.75, 3.05) is 17.7 Å². The van der Waals surface area contributed by atoms with E-state index in [-0.39, 0.29) is 11.8 Å². The van der Waals surface area contributed by atoms with E-state index in [1.54, 1.807) is 67.5 Å². The Morgan fingerprint density at radius 3 is 2.41 bits per heavy atom. The lowest BCUT2D eigenvalue weighted by molar-refractivity contribution is 0.101. The van der Waals surface area contributed by atoms with E-state index in [1.807, 2.05) is 6.92 Å². The van der Waals surface area contributed by atoms with E-state index in [1.165, 1.54) is 6.20 Å². The average Bonchev–Trinajstić information content (AvgIpc) is 3.10. The van der Waals surface area contributed by atoms with Crippen LogP contribution in [0.4, 0.5) is 11.4 Å². The van der Waals surface area contributed by atoms with E-state index in [0.717, 1.165) is 5.56 Å². The van der Waals surface area contributed by atoms with Gasteiger partial charge in [-0.2, -0.15) is 0 Å². The first-order valence-corrected chi connectivity index (χ1v) is 8.31. The molecule has 0 bridgehead atoms. The van der Waals surface area contributed by atoms with Crippen LogP contribution in [0.3, 0.4) is 0 Å². The fraction of sp³-hybridized carbons (Fsp3) is 0.150. The SMILES string of the molecule is COc1ccc(NC(=O)c2ccc(C)c(NC(=O)c3cncn3C)c2)cc1. The maximum atomic E-state index is 12.5. The number of aromatic nitrogens is 2. The Bertz CT molecular complexity index is 977. The number of rotatable bonds is 5. The highest BCUT2D eigenvalue weighted by atomic mass is 16.5. The van der Waals surface area contributed by atoms with Gasteiger partial charge < -0.3 is 19.9 Å². The molecule has 0 saturated heterocycles. The molecule has 1 aromatic heterocycles. The van der Waals surface area contributed by atoms with Gasteiger partial charge in [0, 0.05) is 24.0 Å². The number of imidazole rings is 1. The number of hydrogen-bond donors (Lipinski definition) is 2. The zero-order valence-corrected chi connectivity index (χ0v) is 15.3. The number of carbonyl (C=O) groups is 2. The highest BCUT2D eigenvalue weighted by Gasteiger charge is 2.14. The molecular weight excluding hydrogens is 344 g/mol. The first kappa shape index (κ1) is 18.2. The van der Waals surface area contributed by atoms with Crippen molar-refractivity contribution in [1.82, 2.24) is 9.55 Å². The largest absolute Gasteiger partial charge is 0.497 e. The van der Waals surface area contributed by atoms with Crippen molar-refractivity contribution in [3.05, 3.63) is 71.8 Å². The van der Waals surface area contributed by atoms with Gasteiger partial charge in [-0.3, -0.25) is 9.59 Å². The Morgan fingerprint density at radius 1 is 1.04 bits per heavy atom. The summed E-state index contributed by atoms with van der Waals surface area (Å²) in [4.78, 5) is 28.9. The average molecular weight is 364 g/mol. The second-order valence-electron chi connectivity index (χ2n) is 6.06. The Morgan fingerprint density at radius 2 is 1.78 bits per heavy atom. The lowest BCUT2D eigenvalue weighted by Crippen LogP contribution is -2.17. The first-order chi connectivity index (χ1) is 13.0.